The Morgan fingerprint density at radius 1 is 1.19 bits per heavy atom. The zero-order chi connectivity index (χ0) is 17.9. The number of aromatic nitrogens is 4. The third-order valence-corrected chi connectivity index (χ3v) is 4.99. The van der Waals surface area contributed by atoms with Crippen LogP contribution in [0.25, 0.3) is 0 Å². The van der Waals surface area contributed by atoms with Crippen molar-refractivity contribution in [1.82, 2.24) is 24.6 Å². The number of carbonyl (C=O) groups excluding carboxylic acids is 1. The molecule has 0 radical (unpaired) electrons. The predicted molar refractivity (Wildman–Crippen MR) is 97.8 cm³/mol. The fourth-order valence-corrected chi connectivity index (χ4v) is 3.45. The maximum absolute atomic E-state index is 12.9. The van der Waals surface area contributed by atoms with Crippen molar-refractivity contribution in [3.05, 3.63) is 77.6 Å². The highest BCUT2D eigenvalue weighted by molar-refractivity contribution is 5.95. The number of rotatable bonds is 4. The summed E-state index contributed by atoms with van der Waals surface area (Å²) in [5.41, 5.74) is 3.71. The zero-order valence-corrected chi connectivity index (χ0v) is 14.7. The molecule has 6 nitrogen and oxygen atoms in total. The van der Waals surface area contributed by atoms with Crippen molar-refractivity contribution in [2.24, 2.45) is 0 Å². The lowest BCUT2D eigenvalue weighted by Gasteiger charge is -2.16. The van der Waals surface area contributed by atoms with Crippen LogP contribution in [-0.2, 0) is 6.54 Å². The van der Waals surface area contributed by atoms with Crippen LogP contribution in [0.1, 0.15) is 39.6 Å². The van der Waals surface area contributed by atoms with E-state index in [0.29, 0.717) is 18.7 Å². The first-order valence-corrected chi connectivity index (χ1v) is 8.84. The fourth-order valence-electron chi connectivity index (χ4n) is 3.45. The van der Waals surface area contributed by atoms with E-state index >= 15 is 0 Å². The Morgan fingerprint density at radius 2 is 2.04 bits per heavy atom. The van der Waals surface area contributed by atoms with Crippen LogP contribution in [0.4, 0.5) is 0 Å². The quantitative estimate of drug-likeness (QED) is 0.728. The van der Waals surface area contributed by atoms with E-state index in [1.54, 1.807) is 24.8 Å². The number of amides is 1. The van der Waals surface area contributed by atoms with E-state index in [4.69, 9.17) is 0 Å². The monoisotopic (exact) mass is 347 g/mol. The van der Waals surface area contributed by atoms with E-state index in [0.717, 1.165) is 24.4 Å². The average Bonchev–Trinajstić information content (AvgIpc) is 3.31. The molecule has 3 aromatic rings. The molecule has 0 saturated carbocycles. The van der Waals surface area contributed by atoms with Gasteiger partial charge in [-0.1, -0.05) is 30.3 Å². The highest BCUT2D eigenvalue weighted by Gasteiger charge is 2.30. The summed E-state index contributed by atoms with van der Waals surface area (Å²) in [5.74, 6) is 0.306. The lowest BCUT2D eigenvalue weighted by molar-refractivity contribution is 0.0790. The maximum Gasteiger partial charge on any atom is 0.257 e. The molecule has 1 amide bonds. The Kier molecular flexibility index (Phi) is 4.48. The first-order valence-electron chi connectivity index (χ1n) is 8.84. The Balaban J connectivity index is 1.47. The Hall–Kier alpha value is -3.02. The van der Waals surface area contributed by atoms with Crippen LogP contribution in [0.5, 0.6) is 0 Å². The van der Waals surface area contributed by atoms with E-state index in [1.165, 1.54) is 5.56 Å². The molecule has 1 atom stereocenters. The zero-order valence-electron chi connectivity index (χ0n) is 14.7. The van der Waals surface area contributed by atoms with Gasteiger partial charge in [-0.15, -0.1) is 0 Å². The summed E-state index contributed by atoms with van der Waals surface area (Å²) in [4.78, 5) is 23.4. The smallest absolute Gasteiger partial charge is 0.257 e. The lowest BCUT2D eigenvalue weighted by atomic mass is 10.1. The summed E-state index contributed by atoms with van der Waals surface area (Å²) in [5, 5.41) is 4.43. The molecule has 0 spiro atoms. The summed E-state index contributed by atoms with van der Waals surface area (Å²) in [6.45, 7) is 4.05. The molecular formula is C20H21N5O. The minimum Gasteiger partial charge on any atom is -0.338 e. The highest BCUT2D eigenvalue weighted by Crippen LogP contribution is 2.27. The van der Waals surface area contributed by atoms with E-state index in [1.807, 2.05) is 34.7 Å². The predicted octanol–water partition coefficient (Wildman–Crippen LogP) is 2.66. The van der Waals surface area contributed by atoms with Crippen molar-refractivity contribution in [1.29, 1.82) is 0 Å². The van der Waals surface area contributed by atoms with E-state index in [2.05, 4.69) is 27.2 Å². The molecule has 1 fully saturated rings. The van der Waals surface area contributed by atoms with Gasteiger partial charge in [-0.2, -0.15) is 5.10 Å². The van der Waals surface area contributed by atoms with Crippen molar-refractivity contribution < 1.29 is 4.79 Å². The van der Waals surface area contributed by atoms with Gasteiger partial charge < -0.3 is 4.90 Å². The molecule has 6 heteroatoms. The first-order chi connectivity index (χ1) is 12.7. The molecule has 132 valence electrons. The second kappa shape index (κ2) is 7.07. The summed E-state index contributed by atoms with van der Waals surface area (Å²) < 4.78 is 1.89. The molecule has 1 aromatic carbocycles. The molecule has 0 N–H and O–H groups in total. The number of nitrogens with zero attached hydrogens (tertiary/aromatic N) is 5. The van der Waals surface area contributed by atoms with E-state index in [-0.39, 0.29) is 11.8 Å². The Bertz CT molecular complexity index is 891. The molecule has 26 heavy (non-hydrogen) atoms. The molecule has 1 aliphatic heterocycles. The van der Waals surface area contributed by atoms with Gasteiger partial charge in [-0.3, -0.25) is 19.4 Å². The number of hydrogen-bond acceptors (Lipinski definition) is 4. The number of carbonyl (C=O) groups is 1. The van der Waals surface area contributed by atoms with Gasteiger partial charge in [-0.25, -0.2) is 0 Å². The molecule has 4 rings (SSSR count). The lowest BCUT2D eigenvalue weighted by Crippen LogP contribution is -2.29. The van der Waals surface area contributed by atoms with Crippen LogP contribution in [0.3, 0.4) is 0 Å². The van der Waals surface area contributed by atoms with Crippen molar-refractivity contribution in [2.45, 2.75) is 25.8 Å². The molecule has 0 aliphatic carbocycles. The van der Waals surface area contributed by atoms with Crippen LogP contribution in [0.2, 0.25) is 0 Å². The second-order valence-electron chi connectivity index (χ2n) is 6.65. The minimum atomic E-state index is 0.0493. The van der Waals surface area contributed by atoms with Crippen LogP contribution in [-0.4, -0.2) is 43.6 Å². The first kappa shape index (κ1) is 16.4. The van der Waals surface area contributed by atoms with Crippen molar-refractivity contribution in [3.8, 4) is 0 Å². The number of benzene rings is 1. The summed E-state index contributed by atoms with van der Waals surface area (Å²) in [6.07, 6.45) is 7.78. The van der Waals surface area contributed by atoms with Crippen molar-refractivity contribution in [3.63, 3.8) is 0 Å². The van der Waals surface area contributed by atoms with Crippen LogP contribution < -0.4 is 0 Å². The van der Waals surface area contributed by atoms with Crippen molar-refractivity contribution in [2.75, 3.05) is 13.1 Å². The van der Waals surface area contributed by atoms with Gasteiger partial charge in [0.15, 0.2) is 0 Å². The third-order valence-electron chi connectivity index (χ3n) is 4.99. The van der Waals surface area contributed by atoms with Crippen molar-refractivity contribution >= 4 is 5.91 Å². The summed E-state index contributed by atoms with van der Waals surface area (Å²) in [7, 11) is 0. The van der Waals surface area contributed by atoms with Gasteiger partial charge >= 0.3 is 0 Å². The second-order valence-corrected chi connectivity index (χ2v) is 6.65. The van der Waals surface area contributed by atoms with Gasteiger partial charge in [0, 0.05) is 43.3 Å². The largest absolute Gasteiger partial charge is 0.338 e. The van der Waals surface area contributed by atoms with Crippen LogP contribution >= 0.6 is 0 Å². The van der Waals surface area contributed by atoms with E-state index in [9.17, 15) is 4.79 Å². The van der Waals surface area contributed by atoms with Gasteiger partial charge in [0.25, 0.3) is 5.91 Å². The minimum absolute atomic E-state index is 0.0493. The standard InChI is InChI=1S/C20H21N5O/c1-15-18(11-23-25(15)13-16-5-3-2-4-6-16)20(26)24-10-7-17(14-24)19-12-21-8-9-22-19/h2-6,8-9,11-12,17H,7,10,13-14H2,1H3. The molecule has 1 aliphatic rings. The van der Waals surface area contributed by atoms with Gasteiger partial charge in [-0.05, 0) is 18.9 Å². The SMILES string of the molecule is Cc1c(C(=O)N2CCC(c3cnccn3)C2)cnn1Cc1ccccc1. The van der Waals surface area contributed by atoms with Crippen LogP contribution in [0.15, 0.2) is 55.1 Å². The summed E-state index contributed by atoms with van der Waals surface area (Å²) in [6, 6.07) is 10.1. The molecule has 3 heterocycles. The van der Waals surface area contributed by atoms with Gasteiger partial charge in [0.05, 0.1) is 24.0 Å². The molecule has 0 bridgehead atoms. The number of likely N-dealkylation sites (tertiary alicyclic amines) is 1. The fraction of sp³-hybridized carbons (Fsp3) is 0.300. The Labute approximate surface area is 152 Å². The average molecular weight is 347 g/mol. The summed E-state index contributed by atoms with van der Waals surface area (Å²) >= 11 is 0. The Morgan fingerprint density at radius 3 is 2.81 bits per heavy atom. The molecule has 2 aromatic heterocycles. The molecular weight excluding hydrogens is 326 g/mol. The third kappa shape index (κ3) is 3.22. The molecule has 1 saturated heterocycles. The topological polar surface area (TPSA) is 63.9 Å². The van der Waals surface area contributed by atoms with E-state index < -0.39 is 0 Å². The number of hydrogen-bond donors (Lipinski definition) is 0. The highest BCUT2D eigenvalue weighted by atomic mass is 16.2. The van der Waals surface area contributed by atoms with Gasteiger partial charge in [0.1, 0.15) is 0 Å². The van der Waals surface area contributed by atoms with Crippen LogP contribution in [0, 0.1) is 6.92 Å². The molecule has 1 unspecified atom stereocenters. The van der Waals surface area contributed by atoms with Gasteiger partial charge in [0.2, 0.25) is 0 Å². The maximum atomic E-state index is 12.9. The normalized spacial score (nSPS) is 16.8.